The Morgan fingerprint density at radius 1 is 1.30 bits per heavy atom. The summed E-state index contributed by atoms with van der Waals surface area (Å²) in [4.78, 5) is 60.7. The predicted molar refractivity (Wildman–Crippen MR) is 167 cm³/mol. The maximum absolute atomic E-state index is 13.7. The summed E-state index contributed by atoms with van der Waals surface area (Å²) in [5, 5.41) is 24.9. The second kappa shape index (κ2) is 12.7. The number of esters is 1. The van der Waals surface area contributed by atoms with E-state index in [1.807, 2.05) is 17.7 Å². The van der Waals surface area contributed by atoms with Gasteiger partial charge in [0.1, 0.15) is 35.7 Å². The lowest BCUT2D eigenvalue weighted by molar-refractivity contribution is -0.697. The van der Waals surface area contributed by atoms with Crippen LogP contribution in [0.15, 0.2) is 72.1 Å². The molecule has 4 aromatic rings. The van der Waals surface area contributed by atoms with Gasteiger partial charge in [0.25, 0.3) is 5.69 Å². The average Bonchev–Trinajstić information content (AvgIpc) is 3.71. The van der Waals surface area contributed by atoms with Crippen molar-refractivity contribution in [1.29, 1.82) is 0 Å². The van der Waals surface area contributed by atoms with Crippen molar-refractivity contribution >= 4 is 45.1 Å². The van der Waals surface area contributed by atoms with Crippen molar-refractivity contribution in [3.05, 3.63) is 109 Å². The van der Waals surface area contributed by atoms with Crippen molar-refractivity contribution in [2.75, 3.05) is 6.54 Å². The van der Waals surface area contributed by atoms with Gasteiger partial charge in [-0.05, 0) is 36.2 Å². The summed E-state index contributed by atoms with van der Waals surface area (Å²) >= 11 is 1.26. The highest BCUT2D eigenvalue weighted by Gasteiger charge is 2.60. The number of non-ortho nitro benzene ring substituents is 1. The summed E-state index contributed by atoms with van der Waals surface area (Å²) in [5.41, 5.74) is 10.2. The zero-order valence-electron chi connectivity index (χ0n) is 25.3. The third-order valence-corrected chi connectivity index (χ3v) is 9.58. The summed E-state index contributed by atoms with van der Waals surface area (Å²) in [6.45, 7) is 4.15. The zero-order chi connectivity index (χ0) is 33.4. The van der Waals surface area contributed by atoms with Gasteiger partial charge < -0.3 is 14.7 Å². The maximum Gasteiger partial charge on any atom is 0.355 e. The summed E-state index contributed by atoms with van der Waals surface area (Å²) in [5.74, 6) is -2.46. The molecule has 1 N–H and O–H groups in total. The van der Waals surface area contributed by atoms with Crippen LogP contribution in [0.5, 0.6) is 0 Å². The zero-order valence-corrected chi connectivity index (χ0v) is 26.1. The second-order valence-electron chi connectivity index (χ2n) is 11.4. The Kier molecular flexibility index (Phi) is 8.56. The standard InChI is InChI=1S/C31H29N8O7S/c1-17-23(22-14-37-16-33-25(30(37)47-22)28(41)20-5-3-11-36(13-20)12-4-10-34-35-32)27(38-26(17)24(18(2)40)29(38)42)31(43)46-15-19-6-8-21(9-7-19)39(44)45/h3,5-9,11,13-14,16-18,24,26,40H,4,10,12,15H2,1-2H3/q+1/t17-,18+,24+,26+/m0/s1. The molecular weight excluding hydrogens is 628 g/mol. The molecular formula is C31H29N8O7S+. The minimum atomic E-state index is -0.928. The lowest BCUT2D eigenvalue weighted by Gasteiger charge is -2.46. The fraction of sp³-hybridized carbons (Fsp3) is 0.323. The predicted octanol–water partition coefficient (Wildman–Crippen LogP) is 3.83. The van der Waals surface area contributed by atoms with E-state index < -0.39 is 29.0 Å². The Hall–Kier alpha value is -5.44. The molecule has 1 aromatic carbocycles. The quantitative estimate of drug-likeness (QED) is 0.0226. The van der Waals surface area contributed by atoms with Crippen LogP contribution < -0.4 is 4.57 Å². The molecule has 1 amide bonds. The Balaban J connectivity index is 1.31. The van der Waals surface area contributed by atoms with Gasteiger partial charge in [-0.15, -0.1) is 11.3 Å². The number of carbonyl (C=O) groups is 3. The number of nitro benzene ring substituents is 1. The van der Waals surface area contributed by atoms with Crippen molar-refractivity contribution in [3.8, 4) is 0 Å². The number of ketones is 1. The normalized spacial score (nSPS) is 19.3. The molecule has 0 aliphatic carbocycles. The van der Waals surface area contributed by atoms with Crippen molar-refractivity contribution in [2.24, 2.45) is 17.0 Å². The van der Waals surface area contributed by atoms with E-state index in [2.05, 4.69) is 15.0 Å². The van der Waals surface area contributed by atoms with Crippen LogP contribution in [0.2, 0.25) is 0 Å². The van der Waals surface area contributed by atoms with Crippen LogP contribution in [-0.2, 0) is 27.5 Å². The van der Waals surface area contributed by atoms with Crippen LogP contribution in [0, 0.1) is 22.0 Å². The number of aliphatic hydroxyl groups is 1. The molecule has 240 valence electrons. The number of hydrogen-bond acceptors (Lipinski definition) is 10. The molecule has 16 heteroatoms. The lowest BCUT2D eigenvalue weighted by Crippen LogP contribution is -2.63. The van der Waals surface area contributed by atoms with Gasteiger partial charge in [0, 0.05) is 53.8 Å². The molecule has 0 spiro atoms. The highest BCUT2D eigenvalue weighted by molar-refractivity contribution is 7.18. The van der Waals surface area contributed by atoms with Crippen molar-refractivity contribution in [1.82, 2.24) is 14.3 Å². The topological polar surface area (TPSA) is 197 Å². The van der Waals surface area contributed by atoms with Gasteiger partial charge in [0.15, 0.2) is 12.4 Å². The number of nitro groups is 1. The Morgan fingerprint density at radius 2 is 2.06 bits per heavy atom. The minimum Gasteiger partial charge on any atom is -0.456 e. The monoisotopic (exact) mass is 657 g/mol. The van der Waals surface area contributed by atoms with Crippen LogP contribution >= 0.6 is 11.3 Å². The second-order valence-corrected chi connectivity index (χ2v) is 12.4. The summed E-state index contributed by atoms with van der Waals surface area (Å²) < 4.78 is 9.16. The van der Waals surface area contributed by atoms with Crippen LogP contribution in [0.25, 0.3) is 20.8 Å². The van der Waals surface area contributed by atoms with E-state index in [1.54, 1.807) is 35.9 Å². The fourth-order valence-corrected chi connectivity index (χ4v) is 7.41. The van der Waals surface area contributed by atoms with Gasteiger partial charge in [-0.3, -0.25) is 24.1 Å². The number of azide groups is 1. The number of β-lactam (4-membered cyclic amide) rings is 1. The summed E-state index contributed by atoms with van der Waals surface area (Å²) in [7, 11) is 0. The van der Waals surface area contributed by atoms with Gasteiger partial charge >= 0.3 is 5.97 Å². The average molecular weight is 658 g/mol. The van der Waals surface area contributed by atoms with E-state index in [0.29, 0.717) is 45.9 Å². The highest BCUT2D eigenvalue weighted by Crippen LogP contribution is 2.52. The molecule has 2 aliphatic heterocycles. The first kappa shape index (κ1) is 31.5. The van der Waals surface area contributed by atoms with Crippen molar-refractivity contribution < 1.29 is 33.7 Å². The third kappa shape index (κ3) is 5.73. The van der Waals surface area contributed by atoms with Gasteiger partial charge in [0.2, 0.25) is 11.7 Å². The smallest absolute Gasteiger partial charge is 0.355 e. The molecule has 2 aliphatic rings. The van der Waals surface area contributed by atoms with Crippen molar-refractivity contribution in [3.63, 3.8) is 0 Å². The Bertz CT molecular complexity index is 1990. The molecule has 0 saturated carbocycles. The van der Waals surface area contributed by atoms with Gasteiger partial charge in [-0.2, -0.15) is 0 Å². The Morgan fingerprint density at radius 3 is 2.77 bits per heavy atom. The first-order valence-electron chi connectivity index (χ1n) is 14.8. The van der Waals surface area contributed by atoms with Gasteiger partial charge in [-0.25, -0.2) is 14.3 Å². The van der Waals surface area contributed by atoms with E-state index in [4.69, 9.17) is 10.3 Å². The van der Waals surface area contributed by atoms with E-state index in [9.17, 15) is 29.6 Å². The number of thiazole rings is 1. The molecule has 1 fully saturated rings. The van der Waals surface area contributed by atoms with Crippen LogP contribution in [-0.4, -0.2) is 60.7 Å². The largest absolute Gasteiger partial charge is 0.456 e. The number of rotatable bonds is 12. The van der Waals surface area contributed by atoms with Crippen LogP contribution in [0.1, 0.15) is 46.8 Å². The fourth-order valence-electron chi connectivity index (χ4n) is 6.20. The number of ether oxygens (including phenoxy) is 1. The highest BCUT2D eigenvalue weighted by atomic mass is 32.1. The minimum absolute atomic E-state index is 0.0708. The van der Waals surface area contributed by atoms with E-state index in [1.165, 1.54) is 46.8 Å². The molecule has 15 nitrogen and oxygen atoms in total. The number of aliphatic hydroxyl groups excluding tert-OH is 1. The number of pyridine rings is 1. The van der Waals surface area contributed by atoms with Gasteiger partial charge in [0.05, 0.1) is 33.4 Å². The SMILES string of the molecule is C[C@@H](O)[C@H]1C(=O)N2C(C(=O)OCc3ccc([N+](=O)[O-])cc3)=C(c3cn4cnc(C(=O)c5ccc[n+](CCCN=[N+]=[N-])c5)c4s3)[C@H](C)[C@H]12. The van der Waals surface area contributed by atoms with E-state index in [-0.39, 0.29) is 41.3 Å². The van der Waals surface area contributed by atoms with E-state index >= 15 is 0 Å². The molecule has 0 bridgehead atoms. The molecule has 6 rings (SSSR count). The first-order valence-corrected chi connectivity index (χ1v) is 15.6. The van der Waals surface area contributed by atoms with Crippen LogP contribution in [0.3, 0.4) is 0 Å². The first-order chi connectivity index (χ1) is 22.6. The number of benzene rings is 1. The summed E-state index contributed by atoms with van der Waals surface area (Å²) in [6.07, 6.45) is 6.49. The Labute approximate surface area is 271 Å². The molecule has 0 radical (unpaired) electrons. The maximum atomic E-state index is 13.7. The molecule has 1 saturated heterocycles. The number of nitrogens with zero attached hydrogens (tertiary/aromatic N) is 8. The third-order valence-electron chi connectivity index (χ3n) is 8.43. The van der Waals surface area contributed by atoms with Gasteiger partial charge in [-0.1, -0.05) is 12.0 Å². The number of hydrogen-bond donors (Lipinski definition) is 1. The number of aryl methyl sites for hydroxylation is 1. The molecule has 4 atom stereocenters. The number of imidazole rings is 1. The number of aromatic nitrogens is 3. The van der Waals surface area contributed by atoms with Crippen LogP contribution in [0.4, 0.5) is 5.69 Å². The number of fused-ring (bicyclic) bond motifs is 2. The molecule has 3 aromatic heterocycles. The molecule has 47 heavy (non-hydrogen) atoms. The lowest BCUT2D eigenvalue weighted by atomic mass is 9.77. The molecule has 5 heterocycles. The number of amides is 1. The molecule has 0 unspecified atom stereocenters. The van der Waals surface area contributed by atoms with Crippen molar-refractivity contribution in [2.45, 2.75) is 45.6 Å². The number of carbonyl (C=O) groups excluding carboxylic acids is 3. The van der Waals surface area contributed by atoms with E-state index in [0.717, 1.165) is 0 Å². The summed E-state index contributed by atoms with van der Waals surface area (Å²) in [6, 6.07) is 8.60.